The van der Waals surface area contributed by atoms with Gasteiger partial charge in [-0.25, -0.2) is 0 Å². The van der Waals surface area contributed by atoms with E-state index in [9.17, 15) is 4.79 Å². The Morgan fingerprint density at radius 3 is 2.71 bits per heavy atom. The molecule has 116 valence electrons. The van der Waals surface area contributed by atoms with Gasteiger partial charge in [-0.15, -0.1) is 0 Å². The number of carbonyl (C=O) groups excluding carboxylic acids is 1. The molecule has 3 atom stereocenters. The summed E-state index contributed by atoms with van der Waals surface area (Å²) in [4.78, 5) is 15.0. The first-order valence-electron chi connectivity index (χ1n) is 7.81. The summed E-state index contributed by atoms with van der Waals surface area (Å²) in [5, 5.41) is 3.33. The molecule has 4 heteroatoms. The van der Waals surface area contributed by atoms with E-state index in [1.807, 2.05) is 23.1 Å². The molecule has 1 fully saturated rings. The van der Waals surface area contributed by atoms with E-state index >= 15 is 0 Å². The van der Waals surface area contributed by atoms with Gasteiger partial charge in [0.1, 0.15) is 0 Å². The molecule has 3 unspecified atom stereocenters. The highest BCUT2D eigenvalue weighted by atomic mass is 79.9. The smallest absolute Gasteiger partial charge is 0.227 e. The van der Waals surface area contributed by atoms with E-state index in [4.69, 9.17) is 0 Å². The van der Waals surface area contributed by atoms with Crippen LogP contribution in [0, 0.1) is 11.8 Å². The molecule has 0 radical (unpaired) electrons. The van der Waals surface area contributed by atoms with E-state index in [1.165, 1.54) is 5.56 Å². The Labute approximate surface area is 136 Å². The summed E-state index contributed by atoms with van der Waals surface area (Å²) < 4.78 is 1.07. The topological polar surface area (TPSA) is 32.3 Å². The molecule has 0 saturated carbocycles. The fourth-order valence-corrected chi connectivity index (χ4v) is 3.69. The van der Waals surface area contributed by atoms with Gasteiger partial charge in [0.25, 0.3) is 0 Å². The van der Waals surface area contributed by atoms with E-state index in [1.54, 1.807) is 0 Å². The monoisotopic (exact) mass is 352 g/mol. The van der Waals surface area contributed by atoms with Crippen LogP contribution in [-0.2, 0) is 4.79 Å². The fraction of sp³-hybridized carbons (Fsp3) is 0.588. The zero-order chi connectivity index (χ0) is 15.4. The summed E-state index contributed by atoms with van der Waals surface area (Å²) >= 11 is 3.61. The van der Waals surface area contributed by atoms with E-state index in [-0.39, 0.29) is 17.9 Å². The average Bonchev–Trinajstić information content (AvgIpc) is 2.90. The minimum absolute atomic E-state index is 0.0980. The highest BCUT2D eigenvalue weighted by molar-refractivity contribution is 9.10. The lowest BCUT2D eigenvalue weighted by Gasteiger charge is -2.33. The number of amides is 1. The van der Waals surface area contributed by atoms with Gasteiger partial charge in [-0.1, -0.05) is 48.0 Å². The number of benzene rings is 1. The van der Waals surface area contributed by atoms with Gasteiger partial charge in [-0.3, -0.25) is 4.79 Å². The SMILES string of the molecule is CCCN(C(=O)C1CNCC1C)C(C)c1ccccc1Br. The third kappa shape index (κ3) is 3.67. The van der Waals surface area contributed by atoms with Gasteiger partial charge >= 0.3 is 0 Å². The predicted molar refractivity (Wildman–Crippen MR) is 90.1 cm³/mol. The summed E-state index contributed by atoms with van der Waals surface area (Å²) in [5.74, 6) is 0.822. The molecular formula is C17H25BrN2O. The third-order valence-corrected chi connectivity index (χ3v) is 5.13. The Hall–Kier alpha value is -0.870. The average molecular weight is 353 g/mol. The summed E-state index contributed by atoms with van der Waals surface area (Å²) in [6, 6.07) is 8.28. The first-order chi connectivity index (χ1) is 10.1. The van der Waals surface area contributed by atoms with Crippen molar-refractivity contribution in [2.75, 3.05) is 19.6 Å². The minimum Gasteiger partial charge on any atom is -0.336 e. The van der Waals surface area contributed by atoms with Crippen molar-refractivity contribution in [2.45, 2.75) is 33.2 Å². The van der Waals surface area contributed by atoms with Crippen molar-refractivity contribution in [1.29, 1.82) is 0 Å². The van der Waals surface area contributed by atoms with Crippen LogP contribution in [0.5, 0.6) is 0 Å². The summed E-state index contributed by atoms with van der Waals surface area (Å²) in [5.41, 5.74) is 1.18. The van der Waals surface area contributed by atoms with E-state index in [2.05, 4.69) is 48.1 Å². The lowest BCUT2D eigenvalue weighted by atomic mass is 9.95. The van der Waals surface area contributed by atoms with Crippen LogP contribution in [0.1, 0.15) is 38.8 Å². The molecule has 2 rings (SSSR count). The van der Waals surface area contributed by atoms with Crippen molar-refractivity contribution in [1.82, 2.24) is 10.2 Å². The first-order valence-corrected chi connectivity index (χ1v) is 8.61. The number of hydrogen-bond donors (Lipinski definition) is 1. The van der Waals surface area contributed by atoms with E-state index < -0.39 is 0 Å². The van der Waals surface area contributed by atoms with Crippen molar-refractivity contribution in [3.05, 3.63) is 34.3 Å². The van der Waals surface area contributed by atoms with Crippen molar-refractivity contribution < 1.29 is 4.79 Å². The Morgan fingerprint density at radius 2 is 2.14 bits per heavy atom. The van der Waals surface area contributed by atoms with Crippen LogP contribution in [0.4, 0.5) is 0 Å². The second kappa shape index (κ2) is 7.41. The van der Waals surface area contributed by atoms with Gasteiger partial charge in [0.15, 0.2) is 0 Å². The van der Waals surface area contributed by atoms with Crippen LogP contribution < -0.4 is 5.32 Å². The van der Waals surface area contributed by atoms with Gasteiger partial charge in [0, 0.05) is 17.6 Å². The van der Waals surface area contributed by atoms with Crippen molar-refractivity contribution >= 4 is 21.8 Å². The zero-order valence-electron chi connectivity index (χ0n) is 13.1. The maximum atomic E-state index is 12.9. The molecule has 1 aliphatic rings. The Kier molecular flexibility index (Phi) is 5.82. The van der Waals surface area contributed by atoms with Crippen LogP contribution in [0.25, 0.3) is 0 Å². The Balaban J connectivity index is 2.22. The molecule has 1 N–H and O–H groups in total. The van der Waals surface area contributed by atoms with Crippen LogP contribution in [-0.4, -0.2) is 30.4 Å². The maximum absolute atomic E-state index is 12.9. The van der Waals surface area contributed by atoms with E-state index in [0.29, 0.717) is 5.92 Å². The summed E-state index contributed by atoms with van der Waals surface area (Å²) in [6.07, 6.45) is 0.981. The fourth-order valence-electron chi connectivity index (χ4n) is 3.07. The largest absolute Gasteiger partial charge is 0.336 e. The first kappa shape index (κ1) is 16.5. The van der Waals surface area contributed by atoms with Gasteiger partial charge in [0.05, 0.1) is 12.0 Å². The highest BCUT2D eigenvalue weighted by Crippen LogP contribution is 2.30. The summed E-state index contributed by atoms with van der Waals surface area (Å²) in [7, 11) is 0. The Morgan fingerprint density at radius 1 is 1.43 bits per heavy atom. The molecule has 1 aromatic rings. The van der Waals surface area contributed by atoms with Gasteiger partial charge in [-0.2, -0.15) is 0 Å². The van der Waals surface area contributed by atoms with Gasteiger partial charge in [-0.05, 0) is 37.4 Å². The van der Waals surface area contributed by atoms with Crippen LogP contribution in [0.3, 0.4) is 0 Å². The molecule has 0 spiro atoms. The van der Waals surface area contributed by atoms with Crippen molar-refractivity contribution in [3.63, 3.8) is 0 Å². The highest BCUT2D eigenvalue weighted by Gasteiger charge is 2.34. The zero-order valence-corrected chi connectivity index (χ0v) is 14.7. The second-order valence-electron chi connectivity index (χ2n) is 5.97. The number of nitrogens with one attached hydrogen (secondary N) is 1. The number of hydrogen-bond acceptors (Lipinski definition) is 2. The number of nitrogens with zero attached hydrogens (tertiary/aromatic N) is 1. The molecule has 0 aromatic heterocycles. The molecule has 3 nitrogen and oxygen atoms in total. The van der Waals surface area contributed by atoms with Gasteiger partial charge in [0.2, 0.25) is 5.91 Å². The predicted octanol–water partition coefficient (Wildman–Crippen LogP) is 3.60. The van der Waals surface area contributed by atoms with Gasteiger partial charge < -0.3 is 10.2 Å². The van der Waals surface area contributed by atoms with Crippen LogP contribution in [0.2, 0.25) is 0 Å². The molecule has 0 bridgehead atoms. The number of halogens is 1. The van der Waals surface area contributed by atoms with Crippen molar-refractivity contribution in [2.24, 2.45) is 11.8 Å². The van der Waals surface area contributed by atoms with Crippen molar-refractivity contribution in [3.8, 4) is 0 Å². The van der Waals surface area contributed by atoms with E-state index in [0.717, 1.165) is 30.5 Å². The molecule has 21 heavy (non-hydrogen) atoms. The molecule has 1 heterocycles. The Bertz CT molecular complexity index is 491. The molecule has 0 aliphatic carbocycles. The van der Waals surface area contributed by atoms with Crippen LogP contribution in [0.15, 0.2) is 28.7 Å². The maximum Gasteiger partial charge on any atom is 0.227 e. The minimum atomic E-state index is 0.0980. The molecular weight excluding hydrogens is 328 g/mol. The number of rotatable bonds is 5. The second-order valence-corrected chi connectivity index (χ2v) is 6.83. The molecule has 1 amide bonds. The standard InChI is InChI=1S/C17H25BrN2O/c1-4-9-20(17(21)15-11-19-10-12(15)2)13(3)14-7-5-6-8-16(14)18/h5-8,12-13,15,19H,4,9-11H2,1-3H3. The molecule has 1 aromatic carbocycles. The third-order valence-electron chi connectivity index (χ3n) is 4.41. The number of carbonyl (C=O) groups is 1. The molecule has 1 saturated heterocycles. The lowest BCUT2D eigenvalue weighted by Crippen LogP contribution is -2.41. The summed E-state index contributed by atoms with van der Waals surface area (Å²) in [6.45, 7) is 8.98. The molecule has 1 aliphatic heterocycles. The van der Waals surface area contributed by atoms with Crippen LogP contribution >= 0.6 is 15.9 Å². The normalized spacial score (nSPS) is 23.0. The lowest BCUT2D eigenvalue weighted by molar-refractivity contribution is -0.138. The quantitative estimate of drug-likeness (QED) is 0.877.